The molecule has 220 valence electrons. The number of nitrogens with one attached hydrogen (secondary N) is 1. The summed E-state index contributed by atoms with van der Waals surface area (Å²) in [4.78, 5) is 29.1. The van der Waals surface area contributed by atoms with Crippen LogP contribution >= 0.6 is 23.2 Å². The molecule has 1 N–H and O–H groups in total. The summed E-state index contributed by atoms with van der Waals surface area (Å²) in [7, 11) is -3.62. The van der Waals surface area contributed by atoms with Gasteiger partial charge in [0.1, 0.15) is 6.04 Å². The van der Waals surface area contributed by atoms with Gasteiger partial charge in [0, 0.05) is 42.0 Å². The standard InChI is InChI=1S/C31H37Cl2N3O4S/c1-4-23(2)34-31(38)29(20-24-10-6-5-7-11-24)35(22-25-15-17-26(32)18-16-25)30(37)14-9-19-36(41(3,39)40)28-13-8-12-27(33)21-28/h5-8,10-13,15-18,21,23,29H,4,9,14,19-20,22H2,1-3H3,(H,34,38). The molecule has 0 aliphatic carbocycles. The zero-order valence-corrected chi connectivity index (χ0v) is 25.9. The number of carbonyl (C=O) groups is 2. The summed E-state index contributed by atoms with van der Waals surface area (Å²) in [6.07, 6.45) is 2.50. The fourth-order valence-corrected chi connectivity index (χ4v) is 5.68. The molecule has 0 saturated heterocycles. The fraction of sp³-hybridized carbons (Fsp3) is 0.355. The molecular formula is C31H37Cl2N3O4S. The Morgan fingerprint density at radius 1 is 0.902 bits per heavy atom. The van der Waals surface area contributed by atoms with E-state index < -0.39 is 16.1 Å². The van der Waals surface area contributed by atoms with Gasteiger partial charge in [0.2, 0.25) is 21.8 Å². The number of hydrogen-bond donors (Lipinski definition) is 1. The lowest BCUT2D eigenvalue weighted by atomic mass is 10.0. The van der Waals surface area contributed by atoms with Crippen LogP contribution in [0.25, 0.3) is 0 Å². The van der Waals surface area contributed by atoms with Gasteiger partial charge in [-0.15, -0.1) is 0 Å². The van der Waals surface area contributed by atoms with Crippen molar-refractivity contribution in [2.24, 2.45) is 0 Å². The van der Waals surface area contributed by atoms with Crippen LogP contribution < -0.4 is 9.62 Å². The van der Waals surface area contributed by atoms with E-state index in [0.717, 1.165) is 23.8 Å². The number of rotatable bonds is 14. The Morgan fingerprint density at radius 2 is 1.59 bits per heavy atom. The van der Waals surface area contributed by atoms with Gasteiger partial charge in [0.05, 0.1) is 11.9 Å². The van der Waals surface area contributed by atoms with Crippen LogP contribution in [0, 0.1) is 0 Å². The minimum absolute atomic E-state index is 0.0437. The van der Waals surface area contributed by atoms with E-state index in [0.29, 0.717) is 22.2 Å². The van der Waals surface area contributed by atoms with Gasteiger partial charge >= 0.3 is 0 Å². The number of nitrogens with zero attached hydrogens (tertiary/aromatic N) is 2. The quantitative estimate of drug-likeness (QED) is 0.237. The van der Waals surface area contributed by atoms with Crippen LogP contribution in [0.5, 0.6) is 0 Å². The van der Waals surface area contributed by atoms with Crippen LogP contribution in [0.2, 0.25) is 10.0 Å². The molecule has 0 fully saturated rings. The number of sulfonamides is 1. The van der Waals surface area contributed by atoms with Gasteiger partial charge in [-0.1, -0.05) is 78.7 Å². The molecule has 3 aromatic rings. The highest BCUT2D eigenvalue weighted by atomic mass is 35.5. The van der Waals surface area contributed by atoms with E-state index in [-0.39, 0.29) is 43.8 Å². The van der Waals surface area contributed by atoms with Gasteiger partial charge in [-0.05, 0) is 61.2 Å². The predicted molar refractivity (Wildman–Crippen MR) is 167 cm³/mol. The van der Waals surface area contributed by atoms with Crippen molar-refractivity contribution in [2.75, 3.05) is 17.1 Å². The van der Waals surface area contributed by atoms with Crippen molar-refractivity contribution in [3.05, 3.63) is 100 Å². The summed E-state index contributed by atoms with van der Waals surface area (Å²) >= 11 is 12.2. The molecule has 7 nitrogen and oxygen atoms in total. The second-order valence-corrected chi connectivity index (χ2v) is 12.9. The lowest BCUT2D eigenvalue weighted by Gasteiger charge is -2.32. The number of carbonyl (C=O) groups excluding carboxylic acids is 2. The van der Waals surface area contributed by atoms with Crippen molar-refractivity contribution in [2.45, 2.75) is 58.2 Å². The summed E-state index contributed by atoms with van der Waals surface area (Å²) in [6.45, 7) is 4.20. The number of halogens is 2. The van der Waals surface area contributed by atoms with E-state index in [1.54, 1.807) is 41.3 Å². The van der Waals surface area contributed by atoms with Gasteiger partial charge in [-0.25, -0.2) is 8.42 Å². The molecule has 2 unspecified atom stereocenters. The van der Waals surface area contributed by atoms with Crippen molar-refractivity contribution >= 4 is 50.7 Å². The maximum atomic E-state index is 13.9. The Labute approximate surface area is 253 Å². The van der Waals surface area contributed by atoms with Gasteiger partial charge < -0.3 is 10.2 Å². The average molecular weight is 619 g/mol. The first-order valence-corrected chi connectivity index (χ1v) is 16.2. The molecule has 0 aromatic heterocycles. The van der Waals surface area contributed by atoms with Crippen LogP contribution in [0.15, 0.2) is 78.9 Å². The maximum Gasteiger partial charge on any atom is 0.243 e. The van der Waals surface area contributed by atoms with E-state index >= 15 is 0 Å². The molecule has 41 heavy (non-hydrogen) atoms. The van der Waals surface area contributed by atoms with Crippen LogP contribution in [-0.4, -0.2) is 50.0 Å². The van der Waals surface area contributed by atoms with Crippen molar-refractivity contribution in [3.8, 4) is 0 Å². The fourth-order valence-electron chi connectivity index (χ4n) is 4.42. The third kappa shape index (κ3) is 10.1. The summed E-state index contributed by atoms with van der Waals surface area (Å²) in [6, 6.07) is 22.5. The Morgan fingerprint density at radius 3 is 2.20 bits per heavy atom. The van der Waals surface area contributed by atoms with E-state index in [9.17, 15) is 18.0 Å². The van der Waals surface area contributed by atoms with E-state index in [4.69, 9.17) is 23.2 Å². The molecule has 2 amide bonds. The van der Waals surface area contributed by atoms with Crippen LogP contribution in [0.1, 0.15) is 44.2 Å². The highest BCUT2D eigenvalue weighted by molar-refractivity contribution is 7.92. The van der Waals surface area contributed by atoms with Crippen LogP contribution in [-0.2, 0) is 32.6 Å². The Bertz CT molecular complexity index is 1400. The molecule has 3 rings (SSSR count). The third-order valence-electron chi connectivity index (χ3n) is 6.79. The van der Waals surface area contributed by atoms with Gasteiger partial charge in [0.25, 0.3) is 0 Å². The van der Waals surface area contributed by atoms with Crippen molar-refractivity contribution in [1.82, 2.24) is 10.2 Å². The molecule has 10 heteroatoms. The van der Waals surface area contributed by atoms with E-state index in [1.807, 2.05) is 56.3 Å². The van der Waals surface area contributed by atoms with Crippen molar-refractivity contribution in [1.29, 1.82) is 0 Å². The van der Waals surface area contributed by atoms with Crippen LogP contribution in [0.3, 0.4) is 0 Å². The van der Waals surface area contributed by atoms with Gasteiger partial charge in [0.15, 0.2) is 0 Å². The minimum atomic E-state index is -3.62. The Hall–Kier alpha value is -3.07. The van der Waals surface area contributed by atoms with Gasteiger partial charge in [-0.3, -0.25) is 13.9 Å². The highest BCUT2D eigenvalue weighted by Crippen LogP contribution is 2.23. The number of benzene rings is 3. The largest absolute Gasteiger partial charge is 0.352 e. The minimum Gasteiger partial charge on any atom is -0.352 e. The monoisotopic (exact) mass is 617 g/mol. The lowest BCUT2D eigenvalue weighted by molar-refractivity contribution is -0.141. The topological polar surface area (TPSA) is 86.8 Å². The SMILES string of the molecule is CCC(C)NC(=O)C(Cc1ccccc1)N(Cc1ccc(Cl)cc1)C(=O)CCCN(c1cccc(Cl)c1)S(C)(=O)=O. The molecule has 0 aliphatic rings. The highest BCUT2D eigenvalue weighted by Gasteiger charge is 2.31. The van der Waals surface area contributed by atoms with Crippen molar-refractivity contribution < 1.29 is 18.0 Å². The predicted octanol–water partition coefficient (Wildman–Crippen LogP) is 6.09. The molecular weight excluding hydrogens is 581 g/mol. The number of amides is 2. The number of hydrogen-bond acceptors (Lipinski definition) is 4. The smallest absolute Gasteiger partial charge is 0.243 e. The normalized spacial score (nSPS) is 12.8. The van der Waals surface area contributed by atoms with Crippen molar-refractivity contribution in [3.63, 3.8) is 0 Å². The molecule has 0 aliphatic heterocycles. The summed E-state index contributed by atoms with van der Waals surface area (Å²) in [5.74, 6) is -0.484. The molecule has 2 atom stereocenters. The zero-order valence-electron chi connectivity index (χ0n) is 23.6. The molecule has 3 aromatic carbocycles. The van der Waals surface area contributed by atoms with E-state index in [2.05, 4.69) is 5.32 Å². The summed E-state index contributed by atoms with van der Waals surface area (Å²) < 4.78 is 26.4. The maximum absolute atomic E-state index is 13.9. The lowest BCUT2D eigenvalue weighted by Crippen LogP contribution is -2.52. The first-order valence-electron chi connectivity index (χ1n) is 13.6. The second kappa shape index (κ2) is 15.2. The Kier molecular flexibility index (Phi) is 12.1. The number of anilines is 1. The molecule has 0 spiro atoms. The van der Waals surface area contributed by atoms with Crippen LogP contribution in [0.4, 0.5) is 5.69 Å². The first-order chi connectivity index (χ1) is 19.5. The van der Waals surface area contributed by atoms with E-state index in [1.165, 1.54) is 4.31 Å². The molecule has 0 heterocycles. The average Bonchev–Trinajstić information content (AvgIpc) is 2.93. The second-order valence-electron chi connectivity index (χ2n) is 10.1. The zero-order chi connectivity index (χ0) is 30.0. The molecule has 0 bridgehead atoms. The third-order valence-corrected chi connectivity index (χ3v) is 8.47. The molecule has 0 radical (unpaired) electrons. The summed E-state index contributed by atoms with van der Waals surface area (Å²) in [5, 5.41) is 4.03. The first kappa shape index (κ1) is 32.4. The summed E-state index contributed by atoms with van der Waals surface area (Å²) in [5.41, 5.74) is 2.18. The van der Waals surface area contributed by atoms with Gasteiger partial charge in [-0.2, -0.15) is 0 Å². The molecule has 0 saturated carbocycles. The Balaban J connectivity index is 1.89.